The fourth-order valence-corrected chi connectivity index (χ4v) is 3.55. The molecule has 18 heavy (non-hydrogen) atoms. The molecular weight excluding hydrogens is 232 g/mol. The number of amides is 1. The Hall–Kier alpha value is -0.650. The summed E-state index contributed by atoms with van der Waals surface area (Å²) in [6, 6.07) is 0.885. The standard InChI is InChI=1S/C13H22N2O3/c16-8-13(3-5-18-6-4-13)15-12(17)10-7-9-1-2-11(10)14-9/h9-11,14,16H,1-8H2,(H,15,17). The maximum absolute atomic E-state index is 12.4. The summed E-state index contributed by atoms with van der Waals surface area (Å²) in [5, 5.41) is 16.2. The van der Waals surface area contributed by atoms with Crippen molar-refractivity contribution in [1.82, 2.24) is 10.6 Å². The number of carbonyl (C=O) groups is 1. The number of aliphatic hydroxyl groups excluding tert-OH is 1. The minimum atomic E-state index is -0.447. The van der Waals surface area contributed by atoms with Crippen LogP contribution in [-0.4, -0.2) is 48.5 Å². The smallest absolute Gasteiger partial charge is 0.225 e. The van der Waals surface area contributed by atoms with E-state index >= 15 is 0 Å². The molecule has 3 N–H and O–H groups in total. The van der Waals surface area contributed by atoms with Gasteiger partial charge in [0.25, 0.3) is 0 Å². The molecule has 3 saturated heterocycles. The van der Waals surface area contributed by atoms with Crippen LogP contribution in [-0.2, 0) is 9.53 Å². The molecule has 102 valence electrons. The molecule has 5 nitrogen and oxygen atoms in total. The van der Waals surface area contributed by atoms with Gasteiger partial charge in [0, 0.05) is 25.3 Å². The van der Waals surface area contributed by atoms with Crippen LogP contribution < -0.4 is 10.6 Å². The molecule has 3 aliphatic heterocycles. The molecule has 0 aromatic carbocycles. The zero-order valence-electron chi connectivity index (χ0n) is 10.7. The molecule has 3 unspecified atom stereocenters. The Bertz CT molecular complexity index is 328. The Balaban J connectivity index is 1.62. The van der Waals surface area contributed by atoms with Crippen molar-refractivity contribution in [3.8, 4) is 0 Å². The predicted octanol–water partition coefficient (Wildman–Crippen LogP) is -0.215. The highest BCUT2D eigenvalue weighted by molar-refractivity contribution is 5.81. The van der Waals surface area contributed by atoms with Crippen LogP contribution >= 0.6 is 0 Å². The van der Waals surface area contributed by atoms with Crippen LogP contribution in [0.5, 0.6) is 0 Å². The largest absolute Gasteiger partial charge is 0.394 e. The fraction of sp³-hybridized carbons (Fsp3) is 0.923. The summed E-state index contributed by atoms with van der Waals surface area (Å²) in [6.45, 7) is 1.25. The monoisotopic (exact) mass is 254 g/mol. The van der Waals surface area contributed by atoms with Crippen LogP contribution in [0.1, 0.15) is 32.1 Å². The molecule has 0 aliphatic carbocycles. The normalized spacial score (nSPS) is 37.7. The molecule has 0 saturated carbocycles. The third kappa shape index (κ3) is 2.15. The van der Waals surface area contributed by atoms with Gasteiger partial charge in [0.15, 0.2) is 0 Å². The molecule has 0 radical (unpaired) electrons. The van der Waals surface area contributed by atoms with Gasteiger partial charge in [-0.05, 0) is 32.1 Å². The third-order valence-electron chi connectivity index (χ3n) is 4.78. The molecule has 1 amide bonds. The van der Waals surface area contributed by atoms with Crippen LogP contribution in [0.4, 0.5) is 0 Å². The number of hydrogen-bond acceptors (Lipinski definition) is 4. The van der Waals surface area contributed by atoms with Gasteiger partial charge in [0.2, 0.25) is 5.91 Å². The maximum Gasteiger partial charge on any atom is 0.225 e. The van der Waals surface area contributed by atoms with Crippen LogP contribution in [0.3, 0.4) is 0 Å². The number of rotatable bonds is 3. The molecule has 0 spiro atoms. The zero-order chi connectivity index (χ0) is 12.6. The summed E-state index contributed by atoms with van der Waals surface area (Å²) in [5.74, 6) is 0.209. The second kappa shape index (κ2) is 4.79. The Morgan fingerprint density at radius 1 is 1.39 bits per heavy atom. The average Bonchev–Trinajstić information content (AvgIpc) is 3.02. The first-order chi connectivity index (χ1) is 8.72. The summed E-state index contributed by atoms with van der Waals surface area (Å²) in [4.78, 5) is 12.4. The molecule has 0 aromatic heterocycles. The van der Waals surface area contributed by atoms with Crippen molar-refractivity contribution in [3.05, 3.63) is 0 Å². The predicted molar refractivity (Wildman–Crippen MR) is 66.1 cm³/mol. The summed E-state index contributed by atoms with van der Waals surface area (Å²) < 4.78 is 5.31. The third-order valence-corrected chi connectivity index (χ3v) is 4.78. The Labute approximate surface area is 107 Å². The number of hydrogen-bond donors (Lipinski definition) is 3. The Morgan fingerprint density at radius 2 is 2.17 bits per heavy atom. The number of carbonyl (C=O) groups excluding carboxylic acids is 1. The molecule has 0 aromatic rings. The number of nitrogens with one attached hydrogen (secondary N) is 2. The molecule has 3 atom stereocenters. The van der Waals surface area contributed by atoms with Crippen molar-refractivity contribution in [2.24, 2.45) is 5.92 Å². The lowest BCUT2D eigenvalue weighted by Crippen LogP contribution is -2.56. The molecule has 3 rings (SSSR count). The van der Waals surface area contributed by atoms with Gasteiger partial charge in [-0.3, -0.25) is 4.79 Å². The zero-order valence-corrected chi connectivity index (χ0v) is 10.7. The highest BCUT2D eigenvalue weighted by Crippen LogP contribution is 2.34. The lowest BCUT2D eigenvalue weighted by Gasteiger charge is -2.37. The second-order valence-electron chi connectivity index (χ2n) is 5.93. The number of fused-ring (bicyclic) bond motifs is 2. The molecule has 2 bridgehead atoms. The summed E-state index contributed by atoms with van der Waals surface area (Å²) >= 11 is 0. The van der Waals surface area contributed by atoms with Crippen LogP contribution in [0.25, 0.3) is 0 Å². The summed E-state index contributed by atoms with van der Waals surface area (Å²) in [6.07, 6.45) is 4.69. The highest BCUT2D eigenvalue weighted by Gasteiger charge is 2.45. The van der Waals surface area contributed by atoms with Crippen LogP contribution in [0.15, 0.2) is 0 Å². The van der Waals surface area contributed by atoms with E-state index in [4.69, 9.17) is 4.74 Å². The van der Waals surface area contributed by atoms with Gasteiger partial charge < -0.3 is 20.5 Å². The fourth-order valence-electron chi connectivity index (χ4n) is 3.55. The van der Waals surface area contributed by atoms with Crippen molar-refractivity contribution in [2.75, 3.05) is 19.8 Å². The van der Waals surface area contributed by atoms with Gasteiger partial charge >= 0.3 is 0 Å². The van der Waals surface area contributed by atoms with Crippen molar-refractivity contribution in [2.45, 2.75) is 49.7 Å². The highest BCUT2D eigenvalue weighted by atomic mass is 16.5. The SMILES string of the molecule is O=C(NC1(CO)CCOCC1)C1CC2CCC1N2. The summed E-state index contributed by atoms with van der Waals surface area (Å²) in [5.41, 5.74) is -0.447. The molecule has 5 heteroatoms. The van der Waals surface area contributed by atoms with Crippen molar-refractivity contribution >= 4 is 5.91 Å². The minimum absolute atomic E-state index is 0.0103. The van der Waals surface area contributed by atoms with Gasteiger partial charge in [-0.15, -0.1) is 0 Å². The van der Waals surface area contributed by atoms with Crippen molar-refractivity contribution in [3.63, 3.8) is 0 Å². The van der Waals surface area contributed by atoms with Gasteiger partial charge in [0.05, 0.1) is 18.1 Å². The van der Waals surface area contributed by atoms with Gasteiger partial charge in [-0.2, -0.15) is 0 Å². The molecule has 3 aliphatic rings. The van der Waals surface area contributed by atoms with Gasteiger partial charge in [0.1, 0.15) is 0 Å². The maximum atomic E-state index is 12.4. The molecule has 3 heterocycles. The van der Waals surface area contributed by atoms with E-state index in [1.807, 2.05) is 0 Å². The van der Waals surface area contributed by atoms with Crippen molar-refractivity contribution < 1.29 is 14.6 Å². The minimum Gasteiger partial charge on any atom is -0.394 e. The first-order valence-corrected chi connectivity index (χ1v) is 6.99. The van der Waals surface area contributed by atoms with E-state index in [1.54, 1.807) is 0 Å². The Kier molecular flexibility index (Phi) is 3.30. The molecule has 3 fully saturated rings. The summed E-state index contributed by atoms with van der Waals surface area (Å²) in [7, 11) is 0. The van der Waals surface area contributed by atoms with E-state index in [2.05, 4.69) is 10.6 Å². The van der Waals surface area contributed by atoms with Crippen LogP contribution in [0, 0.1) is 5.92 Å². The quantitative estimate of drug-likeness (QED) is 0.651. The van der Waals surface area contributed by atoms with E-state index in [0.717, 1.165) is 12.8 Å². The van der Waals surface area contributed by atoms with Crippen LogP contribution in [0.2, 0.25) is 0 Å². The second-order valence-corrected chi connectivity index (χ2v) is 5.93. The van der Waals surface area contributed by atoms with E-state index in [0.29, 0.717) is 38.1 Å². The van der Waals surface area contributed by atoms with E-state index in [1.165, 1.54) is 6.42 Å². The van der Waals surface area contributed by atoms with Gasteiger partial charge in [-0.25, -0.2) is 0 Å². The number of ether oxygens (including phenoxy) is 1. The van der Waals surface area contributed by atoms with E-state index in [-0.39, 0.29) is 18.4 Å². The number of aliphatic hydroxyl groups is 1. The lowest BCUT2D eigenvalue weighted by molar-refractivity contribution is -0.129. The van der Waals surface area contributed by atoms with E-state index < -0.39 is 5.54 Å². The first-order valence-electron chi connectivity index (χ1n) is 6.99. The average molecular weight is 254 g/mol. The van der Waals surface area contributed by atoms with E-state index in [9.17, 15) is 9.90 Å². The van der Waals surface area contributed by atoms with Crippen molar-refractivity contribution in [1.29, 1.82) is 0 Å². The topological polar surface area (TPSA) is 70.6 Å². The molecular formula is C13H22N2O3. The first kappa shape index (κ1) is 12.4. The Morgan fingerprint density at radius 3 is 2.72 bits per heavy atom. The lowest BCUT2D eigenvalue weighted by atomic mass is 9.85. The van der Waals surface area contributed by atoms with Gasteiger partial charge in [-0.1, -0.05) is 0 Å².